The zero-order valence-corrected chi connectivity index (χ0v) is 17.4. The van der Waals surface area contributed by atoms with Crippen molar-refractivity contribution in [2.75, 3.05) is 20.1 Å². The molecule has 25 heavy (non-hydrogen) atoms. The van der Waals surface area contributed by atoms with Gasteiger partial charge in [-0.15, -0.1) is 0 Å². The van der Waals surface area contributed by atoms with E-state index in [1.165, 1.54) is 50.9 Å². The van der Waals surface area contributed by atoms with Gasteiger partial charge in [-0.05, 0) is 38.6 Å². The molecule has 136 valence electrons. The van der Waals surface area contributed by atoms with Crippen LogP contribution < -0.4 is 10.4 Å². The molecule has 0 saturated heterocycles. The van der Waals surface area contributed by atoms with E-state index in [1.54, 1.807) is 10.4 Å². The third-order valence-corrected chi connectivity index (χ3v) is 10.7. The van der Waals surface area contributed by atoms with Gasteiger partial charge in [0, 0.05) is 0 Å². The fourth-order valence-corrected chi connectivity index (χ4v) is 8.95. The molecule has 2 rings (SSSR count). The highest BCUT2D eigenvalue weighted by Gasteiger charge is 2.35. The lowest BCUT2D eigenvalue weighted by atomic mass is 10.2. The summed E-state index contributed by atoms with van der Waals surface area (Å²) in [4.78, 5) is 2.55. The second-order valence-corrected chi connectivity index (χ2v) is 11.6. The van der Waals surface area contributed by atoms with Gasteiger partial charge in [0.25, 0.3) is 0 Å². The molecule has 0 radical (unpaired) electrons. The Balaban J connectivity index is 2.25. The lowest BCUT2D eigenvalue weighted by Crippen LogP contribution is -2.59. The van der Waals surface area contributed by atoms with Gasteiger partial charge in [-0.1, -0.05) is 104 Å². The molecule has 0 unspecified atom stereocenters. The summed E-state index contributed by atoms with van der Waals surface area (Å²) in [5, 5.41) is 3.20. The summed E-state index contributed by atoms with van der Waals surface area (Å²) in [6.45, 7) is 7.07. The summed E-state index contributed by atoms with van der Waals surface area (Å²) >= 11 is 0. The van der Waals surface area contributed by atoms with Gasteiger partial charge in [0.15, 0.2) is 0 Å². The topological polar surface area (TPSA) is 3.24 Å². The number of unbranched alkanes of at least 4 members (excludes halogenated alkanes) is 2. The molecule has 0 aromatic heterocycles. The Morgan fingerprint density at radius 1 is 0.680 bits per heavy atom. The van der Waals surface area contributed by atoms with Crippen LogP contribution in [0.4, 0.5) is 0 Å². The number of rotatable bonds is 11. The maximum atomic E-state index is 2.55. The van der Waals surface area contributed by atoms with Gasteiger partial charge in [0.1, 0.15) is 8.07 Å². The summed E-state index contributed by atoms with van der Waals surface area (Å²) in [6.07, 6.45) is 5.23. The maximum Gasteiger partial charge on any atom is 0.119 e. The Morgan fingerprint density at radius 2 is 1.24 bits per heavy atom. The Hall–Kier alpha value is -1.38. The Morgan fingerprint density at radius 3 is 1.72 bits per heavy atom. The highest BCUT2D eigenvalue weighted by atomic mass is 28.3. The normalized spacial score (nSPS) is 11.8. The van der Waals surface area contributed by atoms with Crippen LogP contribution in [0.3, 0.4) is 0 Å². The zero-order chi connectivity index (χ0) is 18.0. The summed E-state index contributed by atoms with van der Waals surface area (Å²) < 4.78 is 0. The molecule has 1 nitrogen and oxygen atoms in total. The van der Waals surface area contributed by atoms with Crippen molar-refractivity contribution in [1.82, 2.24) is 4.90 Å². The SMILES string of the molecule is CCCCCN(C)CC[Si](CCC)(c1ccccc1)c1ccccc1. The van der Waals surface area contributed by atoms with E-state index >= 15 is 0 Å². The van der Waals surface area contributed by atoms with Crippen molar-refractivity contribution in [1.29, 1.82) is 0 Å². The smallest absolute Gasteiger partial charge is 0.119 e. The van der Waals surface area contributed by atoms with Gasteiger partial charge in [0.2, 0.25) is 0 Å². The summed E-state index contributed by atoms with van der Waals surface area (Å²) in [6, 6.07) is 25.4. The zero-order valence-electron chi connectivity index (χ0n) is 16.4. The van der Waals surface area contributed by atoms with E-state index in [0.29, 0.717) is 0 Å². The minimum Gasteiger partial charge on any atom is -0.307 e. The second-order valence-electron chi connectivity index (χ2n) is 7.32. The predicted octanol–water partition coefficient (Wildman–Crippen LogP) is 4.78. The van der Waals surface area contributed by atoms with Crippen molar-refractivity contribution in [3.8, 4) is 0 Å². The molecular weight excluding hydrogens is 318 g/mol. The lowest BCUT2D eigenvalue weighted by Gasteiger charge is -2.34. The molecule has 0 saturated carbocycles. The third kappa shape index (κ3) is 5.55. The molecule has 0 N–H and O–H groups in total. The molecule has 0 aliphatic heterocycles. The summed E-state index contributed by atoms with van der Waals surface area (Å²) in [7, 11) is 0.603. The molecule has 0 aliphatic rings. The largest absolute Gasteiger partial charge is 0.307 e. The van der Waals surface area contributed by atoms with E-state index in [9.17, 15) is 0 Å². The Kier molecular flexibility index (Phi) is 8.43. The Labute approximate surface area is 156 Å². The predicted molar refractivity (Wildman–Crippen MR) is 115 cm³/mol. The molecule has 2 aromatic carbocycles. The molecule has 0 fully saturated rings. The highest BCUT2D eigenvalue weighted by Crippen LogP contribution is 2.19. The van der Waals surface area contributed by atoms with Crippen LogP contribution in [0.25, 0.3) is 0 Å². The molecule has 0 spiro atoms. The Bertz CT molecular complexity index is 542. The van der Waals surface area contributed by atoms with Crippen LogP contribution in [0.1, 0.15) is 39.5 Å². The van der Waals surface area contributed by atoms with Gasteiger partial charge >= 0.3 is 0 Å². The van der Waals surface area contributed by atoms with Crippen molar-refractivity contribution >= 4 is 18.4 Å². The summed E-state index contributed by atoms with van der Waals surface area (Å²) in [5.41, 5.74) is 0. The van der Waals surface area contributed by atoms with E-state index in [-0.39, 0.29) is 0 Å². The average Bonchev–Trinajstić information content (AvgIpc) is 2.67. The van der Waals surface area contributed by atoms with Gasteiger partial charge in [-0.25, -0.2) is 0 Å². The molecule has 0 heterocycles. The van der Waals surface area contributed by atoms with Crippen LogP contribution in [0.5, 0.6) is 0 Å². The number of hydrogen-bond donors (Lipinski definition) is 0. The van der Waals surface area contributed by atoms with Crippen LogP contribution in [0.15, 0.2) is 60.7 Å². The molecular formula is C23H35NSi. The number of nitrogens with zero attached hydrogens (tertiary/aromatic N) is 1. The van der Waals surface area contributed by atoms with Crippen LogP contribution in [-0.2, 0) is 0 Å². The van der Waals surface area contributed by atoms with Crippen molar-refractivity contribution < 1.29 is 0 Å². The van der Waals surface area contributed by atoms with E-state index in [1.807, 2.05) is 0 Å². The second kappa shape index (κ2) is 10.6. The van der Waals surface area contributed by atoms with Crippen LogP contribution in [-0.4, -0.2) is 33.1 Å². The first-order valence-corrected chi connectivity index (χ1v) is 12.4. The van der Waals surface area contributed by atoms with Crippen molar-refractivity contribution in [2.24, 2.45) is 0 Å². The van der Waals surface area contributed by atoms with E-state index in [2.05, 4.69) is 86.5 Å². The summed E-state index contributed by atoms with van der Waals surface area (Å²) in [5.74, 6) is 0. The maximum absolute atomic E-state index is 2.55. The van der Waals surface area contributed by atoms with Crippen molar-refractivity contribution in [2.45, 2.75) is 51.6 Å². The minimum atomic E-state index is -1.70. The van der Waals surface area contributed by atoms with Crippen LogP contribution in [0.2, 0.25) is 12.1 Å². The first-order valence-electron chi connectivity index (χ1n) is 10.0. The highest BCUT2D eigenvalue weighted by molar-refractivity contribution is 7.02. The molecule has 0 amide bonds. The quantitative estimate of drug-likeness (QED) is 0.415. The van der Waals surface area contributed by atoms with E-state index in [0.717, 1.165) is 0 Å². The molecule has 2 heteroatoms. The van der Waals surface area contributed by atoms with Crippen molar-refractivity contribution in [3.05, 3.63) is 60.7 Å². The molecule has 0 bridgehead atoms. The first-order chi connectivity index (χ1) is 12.2. The van der Waals surface area contributed by atoms with Gasteiger partial charge in [-0.2, -0.15) is 0 Å². The van der Waals surface area contributed by atoms with Crippen molar-refractivity contribution in [3.63, 3.8) is 0 Å². The third-order valence-electron chi connectivity index (χ3n) is 5.39. The number of hydrogen-bond acceptors (Lipinski definition) is 1. The monoisotopic (exact) mass is 353 g/mol. The fraction of sp³-hybridized carbons (Fsp3) is 0.478. The average molecular weight is 354 g/mol. The fourth-order valence-electron chi connectivity index (χ4n) is 3.94. The molecule has 0 aliphatic carbocycles. The van der Waals surface area contributed by atoms with Gasteiger partial charge in [0.05, 0.1) is 0 Å². The number of benzene rings is 2. The standard InChI is InChI=1S/C23H35NSi/c1-4-6-13-18-24(3)19-21-25(20-5-2,22-14-9-7-10-15-22)23-16-11-8-12-17-23/h7-12,14-17H,4-6,13,18-21H2,1-3H3. The molecule has 0 atom stereocenters. The molecule has 2 aromatic rings. The first kappa shape index (κ1) is 19.9. The minimum absolute atomic E-state index is 1.21. The van der Waals surface area contributed by atoms with E-state index < -0.39 is 8.07 Å². The van der Waals surface area contributed by atoms with Gasteiger partial charge in [-0.3, -0.25) is 0 Å². The van der Waals surface area contributed by atoms with Crippen LogP contribution in [0, 0.1) is 0 Å². The van der Waals surface area contributed by atoms with Gasteiger partial charge < -0.3 is 4.90 Å². The van der Waals surface area contributed by atoms with E-state index in [4.69, 9.17) is 0 Å². The van der Waals surface area contributed by atoms with Crippen LogP contribution >= 0.6 is 0 Å². The lowest BCUT2D eigenvalue weighted by molar-refractivity contribution is 0.341.